The zero-order valence-corrected chi connectivity index (χ0v) is 14.6. The quantitative estimate of drug-likeness (QED) is 0.708. The molecule has 3 nitrogen and oxygen atoms in total. The normalized spacial score (nSPS) is 13.8. The zero-order valence-electron chi connectivity index (χ0n) is 13.8. The summed E-state index contributed by atoms with van der Waals surface area (Å²) < 4.78 is 11.3. The van der Waals surface area contributed by atoms with Crippen LogP contribution in [-0.4, -0.2) is 20.3 Å². The minimum Gasteiger partial charge on any atom is -0.490 e. The smallest absolute Gasteiger partial charge is 0.162 e. The summed E-state index contributed by atoms with van der Waals surface area (Å²) in [5.41, 5.74) is 1.08. The average Bonchev–Trinajstić information content (AvgIpc) is 2.48. The van der Waals surface area contributed by atoms with E-state index in [1.165, 1.54) is 0 Å². The first-order valence-electron chi connectivity index (χ1n) is 7.83. The zero-order chi connectivity index (χ0) is 15.8. The summed E-state index contributed by atoms with van der Waals surface area (Å²) in [6.45, 7) is 9.60. The SMILES string of the molecule is CCOc1cc(Cl)c(C(CC(C)CC)NC)cc1OCC. The Kier molecular flexibility index (Phi) is 7.91. The lowest BCUT2D eigenvalue weighted by Crippen LogP contribution is -2.19. The average molecular weight is 314 g/mol. The van der Waals surface area contributed by atoms with Gasteiger partial charge in [0.25, 0.3) is 0 Å². The minimum absolute atomic E-state index is 0.224. The van der Waals surface area contributed by atoms with Crippen LogP contribution in [0.15, 0.2) is 12.1 Å². The molecule has 2 atom stereocenters. The lowest BCUT2D eigenvalue weighted by Gasteiger charge is -2.23. The van der Waals surface area contributed by atoms with Gasteiger partial charge in [-0.3, -0.25) is 0 Å². The Bertz CT molecular complexity index is 437. The first kappa shape index (κ1) is 18.1. The molecule has 0 saturated heterocycles. The van der Waals surface area contributed by atoms with E-state index in [4.69, 9.17) is 21.1 Å². The van der Waals surface area contributed by atoms with Crippen molar-refractivity contribution in [1.82, 2.24) is 5.32 Å². The van der Waals surface area contributed by atoms with E-state index in [9.17, 15) is 0 Å². The molecule has 0 bridgehead atoms. The first-order valence-corrected chi connectivity index (χ1v) is 8.21. The van der Waals surface area contributed by atoms with Crippen LogP contribution in [0.3, 0.4) is 0 Å². The molecule has 0 aliphatic rings. The van der Waals surface area contributed by atoms with E-state index < -0.39 is 0 Å². The number of hydrogen-bond donors (Lipinski definition) is 1. The molecule has 1 aromatic rings. The van der Waals surface area contributed by atoms with Crippen LogP contribution in [0.25, 0.3) is 0 Å². The fourth-order valence-electron chi connectivity index (χ4n) is 2.32. The van der Waals surface area contributed by atoms with E-state index in [-0.39, 0.29) is 6.04 Å². The predicted octanol–water partition coefficient (Wildman–Crippen LogP) is 4.83. The van der Waals surface area contributed by atoms with Crippen molar-refractivity contribution in [3.8, 4) is 11.5 Å². The summed E-state index contributed by atoms with van der Waals surface area (Å²) >= 11 is 6.46. The maximum atomic E-state index is 6.46. The number of benzene rings is 1. The van der Waals surface area contributed by atoms with Gasteiger partial charge in [-0.1, -0.05) is 31.9 Å². The summed E-state index contributed by atoms with van der Waals surface area (Å²) in [7, 11) is 1.97. The number of rotatable bonds is 9. The van der Waals surface area contributed by atoms with E-state index >= 15 is 0 Å². The van der Waals surface area contributed by atoms with Crippen molar-refractivity contribution in [3.05, 3.63) is 22.7 Å². The van der Waals surface area contributed by atoms with Gasteiger partial charge in [0.1, 0.15) is 0 Å². The number of ether oxygens (including phenoxy) is 2. The van der Waals surface area contributed by atoms with Gasteiger partial charge >= 0.3 is 0 Å². The van der Waals surface area contributed by atoms with Gasteiger partial charge in [0, 0.05) is 17.1 Å². The first-order chi connectivity index (χ1) is 10.1. The predicted molar refractivity (Wildman–Crippen MR) is 89.7 cm³/mol. The third kappa shape index (κ3) is 5.08. The fraction of sp³-hybridized carbons (Fsp3) is 0.647. The number of halogens is 1. The Morgan fingerprint density at radius 2 is 1.67 bits per heavy atom. The third-order valence-corrected chi connectivity index (χ3v) is 4.05. The molecule has 0 aliphatic heterocycles. The van der Waals surface area contributed by atoms with Gasteiger partial charge in [-0.05, 0) is 44.9 Å². The highest BCUT2D eigenvalue weighted by Gasteiger charge is 2.19. The Morgan fingerprint density at radius 3 is 2.14 bits per heavy atom. The van der Waals surface area contributed by atoms with Crippen LogP contribution in [0.5, 0.6) is 11.5 Å². The molecule has 120 valence electrons. The van der Waals surface area contributed by atoms with Crippen molar-refractivity contribution < 1.29 is 9.47 Å². The van der Waals surface area contributed by atoms with Crippen molar-refractivity contribution in [2.24, 2.45) is 5.92 Å². The summed E-state index contributed by atoms with van der Waals surface area (Å²) in [4.78, 5) is 0. The molecule has 1 N–H and O–H groups in total. The maximum absolute atomic E-state index is 6.46. The van der Waals surface area contributed by atoms with Crippen LogP contribution >= 0.6 is 11.6 Å². The highest BCUT2D eigenvalue weighted by molar-refractivity contribution is 6.31. The van der Waals surface area contributed by atoms with Gasteiger partial charge in [0.05, 0.1) is 13.2 Å². The lowest BCUT2D eigenvalue weighted by atomic mass is 9.94. The second kappa shape index (κ2) is 9.16. The largest absolute Gasteiger partial charge is 0.490 e. The van der Waals surface area contributed by atoms with Crippen LogP contribution in [0.1, 0.15) is 52.1 Å². The van der Waals surface area contributed by atoms with Gasteiger partial charge in [0.15, 0.2) is 11.5 Å². The topological polar surface area (TPSA) is 30.5 Å². The van der Waals surface area contributed by atoms with Crippen LogP contribution < -0.4 is 14.8 Å². The minimum atomic E-state index is 0.224. The van der Waals surface area contributed by atoms with Crippen molar-refractivity contribution >= 4 is 11.6 Å². The molecule has 0 aromatic heterocycles. The van der Waals surface area contributed by atoms with Gasteiger partial charge in [-0.2, -0.15) is 0 Å². The Morgan fingerprint density at radius 1 is 1.10 bits per heavy atom. The summed E-state index contributed by atoms with van der Waals surface area (Å²) in [5.74, 6) is 2.12. The van der Waals surface area contributed by atoms with Gasteiger partial charge in [-0.15, -0.1) is 0 Å². The van der Waals surface area contributed by atoms with Crippen molar-refractivity contribution in [1.29, 1.82) is 0 Å². The fourth-order valence-corrected chi connectivity index (χ4v) is 2.61. The molecule has 0 fully saturated rings. The van der Waals surface area contributed by atoms with Crippen LogP contribution in [-0.2, 0) is 0 Å². The summed E-state index contributed by atoms with van der Waals surface area (Å²) in [6.07, 6.45) is 2.21. The van der Waals surface area contributed by atoms with E-state index in [0.717, 1.165) is 29.2 Å². The molecule has 4 heteroatoms. The van der Waals surface area contributed by atoms with Gasteiger partial charge in [-0.25, -0.2) is 0 Å². The molecule has 1 aromatic carbocycles. The van der Waals surface area contributed by atoms with E-state index in [1.54, 1.807) is 0 Å². The molecule has 0 spiro atoms. The Hall–Kier alpha value is -0.930. The molecule has 0 radical (unpaired) electrons. The highest BCUT2D eigenvalue weighted by atomic mass is 35.5. The second-order valence-electron chi connectivity index (χ2n) is 5.28. The van der Waals surface area contributed by atoms with E-state index in [0.29, 0.717) is 24.9 Å². The molecular weight excluding hydrogens is 286 g/mol. The van der Waals surface area contributed by atoms with Gasteiger partial charge < -0.3 is 14.8 Å². The van der Waals surface area contributed by atoms with Crippen LogP contribution in [0.2, 0.25) is 5.02 Å². The van der Waals surface area contributed by atoms with Crippen LogP contribution in [0.4, 0.5) is 0 Å². The third-order valence-electron chi connectivity index (χ3n) is 3.72. The molecule has 21 heavy (non-hydrogen) atoms. The van der Waals surface area contributed by atoms with E-state index in [2.05, 4.69) is 19.2 Å². The number of nitrogens with one attached hydrogen (secondary N) is 1. The molecule has 1 rings (SSSR count). The van der Waals surface area contributed by atoms with Crippen LogP contribution in [0, 0.1) is 5.92 Å². The van der Waals surface area contributed by atoms with Crippen molar-refractivity contribution in [3.63, 3.8) is 0 Å². The van der Waals surface area contributed by atoms with Crippen molar-refractivity contribution in [2.45, 2.75) is 46.6 Å². The second-order valence-corrected chi connectivity index (χ2v) is 5.68. The molecule has 0 heterocycles. The molecule has 0 amide bonds. The van der Waals surface area contributed by atoms with Crippen molar-refractivity contribution in [2.75, 3.05) is 20.3 Å². The van der Waals surface area contributed by atoms with E-state index in [1.807, 2.05) is 33.0 Å². The monoisotopic (exact) mass is 313 g/mol. The molecule has 2 unspecified atom stereocenters. The lowest BCUT2D eigenvalue weighted by molar-refractivity contribution is 0.287. The molecular formula is C17H28ClNO2. The Labute approximate surface area is 134 Å². The van der Waals surface area contributed by atoms with Gasteiger partial charge in [0.2, 0.25) is 0 Å². The summed E-state index contributed by atoms with van der Waals surface area (Å²) in [5, 5.41) is 4.09. The molecule has 0 saturated carbocycles. The standard InChI is InChI=1S/C17H28ClNO2/c1-6-12(4)9-15(19-5)13-10-16(20-7-2)17(21-8-3)11-14(13)18/h10-12,15,19H,6-9H2,1-5H3. The Balaban J connectivity index is 3.12. The number of hydrogen-bond acceptors (Lipinski definition) is 3. The molecule has 0 aliphatic carbocycles. The summed E-state index contributed by atoms with van der Waals surface area (Å²) in [6, 6.07) is 4.11. The highest BCUT2D eigenvalue weighted by Crippen LogP contribution is 2.38. The maximum Gasteiger partial charge on any atom is 0.162 e.